The van der Waals surface area contributed by atoms with Gasteiger partial charge in [0.2, 0.25) is 0 Å². The number of aromatic hydroxyl groups is 1. The number of phenols is 1. The summed E-state index contributed by atoms with van der Waals surface area (Å²) >= 11 is 0. The van der Waals surface area contributed by atoms with Gasteiger partial charge in [0.25, 0.3) is 5.69 Å². The van der Waals surface area contributed by atoms with Gasteiger partial charge in [-0.05, 0) is 12.1 Å². The van der Waals surface area contributed by atoms with Crippen molar-refractivity contribution in [3.8, 4) is 22.8 Å². The first kappa shape index (κ1) is 19.8. The molecule has 3 aromatic carbocycles. The smallest absolute Gasteiger partial charge is 0.269 e. The predicted octanol–water partition coefficient (Wildman–Crippen LogP) is 4.34. The van der Waals surface area contributed by atoms with E-state index in [2.05, 4.69) is 0 Å². The lowest BCUT2D eigenvalue weighted by atomic mass is 10.1. The van der Waals surface area contributed by atoms with E-state index in [1.54, 1.807) is 24.3 Å². The lowest BCUT2D eigenvalue weighted by Gasteiger charge is -2.09. The second-order valence-corrected chi connectivity index (χ2v) is 6.67. The number of carbonyl (C=O) groups is 1. The van der Waals surface area contributed by atoms with E-state index >= 15 is 0 Å². The zero-order chi connectivity index (χ0) is 22.0. The maximum Gasteiger partial charge on any atom is 0.269 e. The molecule has 0 aliphatic rings. The molecule has 1 heterocycles. The molecule has 0 aliphatic carbocycles. The van der Waals surface area contributed by atoms with Gasteiger partial charge in [-0.25, -0.2) is 0 Å². The van der Waals surface area contributed by atoms with E-state index in [-0.39, 0.29) is 40.3 Å². The van der Waals surface area contributed by atoms with E-state index in [1.165, 1.54) is 42.5 Å². The van der Waals surface area contributed by atoms with E-state index < -0.39 is 16.1 Å². The number of benzene rings is 3. The maximum atomic E-state index is 12.5. The first-order valence-corrected chi connectivity index (χ1v) is 9.19. The van der Waals surface area contributed by atoms with Crippen molar-refractivity contribution in [2.24, 2.45) is 0 Å². The van der Waals surface area contributed by atoms with Gasteiger partial charge in [-0.1, -0.05) is 30.3 Å². The van der Waals surface area contributed by atoms with Gasteiger partial charge < -0.3 is 14.3 Å². The zero-order valence-corrected chi connectivity index (χ0v) is 16.0. The number of nitro groups is 1. The summed E-state index contributed by atoms with van der Waals surface area (Å²) in [6, 6.07) is 18.1. The van der Waals surface area contributed by atoms with Crippen LogP contribution < -0.4 is 10.2 Å². The van der Waals surface area contributed by atoms with Crippen LogP contribution in [-0.4, -0.2) is 22.4 Å². The van der Waals surface area contributed by atoms with E-state index in [9.17, 15) is 24.8 Å². The van der Waals surface area contributed by atoms with Crippen LogP contribution in [0.4, 0.5) is 5.69 Å². The van der Waals surface area contributed by atoms with Crippen LogP contribution in [0.15, 0.2) is 82.0 Å². The molecular formula is C23H15NO7. The van der Waals surface area contributed by atoms with Gasteiger partial charge in [0.15, 0.2) is 17.8 Å². The summed E-state index contributed by atoms with van der Waals surface area (Å²) < 4.78 is 11.3. The number of nitro benzene ring substituents is 1. The summed E-state index contributed by atoms with van der Waals surface area (Å²) in [6.45, 7) is -0.370. The fourth-order valence-corrected chi connectivity index (χ4v) is 3.07. The fraction of sp³-hybridized carbons (Fsp3) is 0.0435. The maximum absolute atomic E-state index is 12.5. The highest BCUT2D eigenvalue weighted by Crippen LogP contribution is 2.31. The Bertz CT molecular complexity index is 1340. The van der Waals surface area contributed by atoms with E-state index in [0.29, 0.717) is 11.3 Å². The monoisotopic (exact) mass is 417 g/mol. The SMILES string of the molecule is O=C(COc1cc(O)c2c(=O)cc(-c3ccccc3)oc2c1)c1ccc([N+](=O)[O-])cc1. The molecule has 154 valence electrons. The number of ether oxygens (including phenoxy) is 1. The number of non-ortho nitro benzene ring substituents is 1. The number of hydrogen-bond donors (Lipinski definition) is 1. The highest BCUT2D eigenvalue weighted by atomic mass is 16.6. The molecule has 0 atom stereocenters. The molecule has 31 heavy (non-hydrogen) atoms. The summed E-state index contributed by atoms with van der Waals surface area (Å²) in [4.78, 5) is 34.9. The van der Waals surface area contributed by atoms with Gasteiger partial charge in [-0.15, -0.1) is 0 Å². The normalized spacial score (nSPS) is 10.7. The largest absolute Gasteiger partial charge is 0.507 e. The highest BCUT2D eigenvalue weighted by Gasteiger charge is 2.15. The van der Waals surface area contributed by atoms with Crippen LogP contribution in [0.3, 0.4) is 0 Å². The second-order valence-electron chi connectivity index (χ2n) is 6.67. The van der Waals surface area contributed by atoms with Crippen molar-refractivity contribution in [1.82, 2.24) is 0 Å². The fourth-order valence-electron chi connectivity index (χ4n) is 3.07. The summed E-state index contributed by atoms with van der Waals surface area (Å²) in [6.07, 6.45) is 0. The standard InChI is InChI=1S/C23H15NO7/c25-18-10-17(30-13-20(27)14-6-8-16(9-7-14)24(28)29)11-22-23(18)19(26)12-21(31-22)15-4-2-1-3-5-15/h1-12,25H,13H2. The van der Waals surface area contributed by atoms with Crippen molar-refractivity contribution in [3.05, 3.63) is 98.7 Å². The minimum absolute atomic E-state index is 0.00808. The summed E-state index contributed by atoms with van der Waals surface area (Å²) in [5, 5.41) is 21.0. The summed E-state index contributed by atoms with van der Waals surface area (Å²) in [7, 11) is 0. The molecule has 0 unspecified atom stereocenters. The van der Waals surface area contributed by atoms with Crippen LogP contribution in [0, 0.1) is 10.1 Å². The lowest BCUT2D eigenvalue weighted by Crippen LogP contribution is -2.11. The molecule has 0 bridgehead atoms. The molecule has 0 radical (unpaired) electrons. The molecule has 0 spiro atoms. The molecule has 0 saturated carbocycles. The second kappa shape index (κ2) is 8.11. The third kappa shape index (κ3) is 4.13. The Balaban J connectivity index is 1.60. The molecule has 8 nitrogen and oxygen atoms in total. The average molecular weight is 417 g/mol. The first-order valence-electron chi connectivity index (χ1n) is 9.19. The Morgan fingerprint density at radius 1 is 1.03 bits per heavy atom. The number of Topliss-reactive ketones (excluding diaryl/α,β-unsaturated/α-hetero) is 1. The zero-order valence-electron chi connectivity index (χ0n) is 16.0. The molecule has 1 N–H and O–H groups in total. The molecule has 0 fully saturated rings. The number of ketones is 1. The van der Waals surface area contributed by atoms with Gasteiger partial charge in [-0.3, -0.25) is 19.7 Å². The number of rotatable bonds is 6. The van der Waals surface area contributed by atoms with E-state index in [1.807, 2.05) is 6.07 Å². The van der Waals surface area contributed by atoms with Crippen LogP contribution in [-0.2, 0) is 0 Å². The van der Waals surface area contributed by atoms with Crippen LogP contribution >= 0.6 is 0 Å². The molecule has 0 saturated heterocycles. The van der Waals surface area contributed by atoms with E-state index in [0.717, 1.165) is 0 Å². The van der Waals surface area contributed by atoms with Crippen LogP contribution in [0.5, 0.6) is 11.5 Å². The Hall–Kier alpha value is -4.46. The number of phenolic OH excluding ortho intramolecular Hbond substituents is 1. The van der Waals surface area contributed by atoms with Gasteiger partial charge in [-0.2, -0.15) is 0 Å². The van der Waals surface area contributed by atoms with Crippen molar-refractivity contribution < 1.29 is 24.0 Å². The lowest BCUT2D eigenvalue weighted by molar-refractivity contribution is -0.384. The molecule has 4 aromatic rings. The Labute approximate surface area is 175 Å². The van der Waals surface area contributed by atoms with Crippen LogP contribution in [0.1, 0.15) is 10.4 Å². The van der Waals surface area contributed by atoms with E-state index in [4.69, 9.17) is 9.15 Å². The Kier molecular flexibility index (Phi) is 5.19. The van der Waals surface area contributed by atoms with Gasteiger partial charge >= 0.3 is 0 Å². The average Bonchev–Trinajstić information content (AvgIpc) is 2.77. The van der Waals surface area contributed by atoms with Crippen molar-refractivity contribution in [1.29, 1.82) is 0 Å². The Morgan fingerprint density at radius 3 is 2.42 bits per heavy atom. The topological polar surface area (TPSA) is 120 Å². The number of fused-ring (bicyclic) bond motifs is 1. The number of hydrogen-bond acceptors (Lipinski definition) is 7. The highest BCUT2D eigenvalue weighted by molar-refractivity contribution is 5.97. The van der Waals surface area contributed by atoms with Crippen molar-refractivity contribution in [3.63, 3.8) is 0 Å². The van der Waals surface area contributed by atoms with Crippen LogP contribution in [0.2, 0.25) is 0 Å². The quantitative estimate of drug-likeness (QED) is 0.281. The Morgan fingerprint density at radius 2 is 1.74 bits per heavy atom. The van der Waals surface area contributed by atoms with Gasteiger partial charge in [0.1, 0.15) is 28.2 Å². The van der Waals surface area contributed by atoms with Crippen molar-refractivity contribution in [2.45, 2.75) is 0 Å². The number of carbonyl (C=O) groups excluding carboxylic acids is 1. The predicted molar refractivity (Wildman–Crippen MR) is 113 cm³/mol. The minimum Gasteiger partial charge on any atom is -0.507 e. The summed E-state index contributed by atoms with van der Waals surface area (Å²) in [5.74, 6) is -0.275. The third-order valence-corrected chi connectivity index (χ3v) is 4.61. The molecule has 0 amide bonds. The molecular weight excluding hydrogens is 402 g/mol. The summed E-state index contributed by atoms with van der Waals surface area (Å²) in [5.41, 5.74) is 0.519. The molecule has 4 rings (SSSR count). The first-order chi connectivity index (χ1) is 14.9. The van der Waals surface area contributed by atoms with Crippen molar-refractivity contribution in [2.75, 3.05) is 6.61 Å². The van der Waals surface area contributed by atoms with Crippen LogP contribution in [0.25, 0.3) is 22.3 Å². The minimum atomic E-state index is -0.555. The molecule has 0 aliphatic heterocycles. The number of nitrogens with zero attached hydrogens (tertiary/aromatic N) is 1. The molecule has 8 heteroatoms. The third-order valence-electron chi connectivity index (χ3n) is 4.61. The van der Waals surface area contributed by atoms with Gasteiger partial charge in [0, 0.05) is 41.5 Å². The van der Waals surface area contributed by atoms with Crippen molar-refractivity contribution >= 4 is 22.4 Å². The molecule has 1 aromatic heterocycles. The van der Waals surface area contributed by atoms with Gasteiger partial charge in [0.05, 0.1) is 4.92 Å².